The molecule has 2 N–H and O–H groups in total. The Morgan fingerprint density at radius 2 is 1.41 bits per heavy atom. The summed E-state index contributed by atoms with van der Waals surface area (Å²) in [5.74, 6) is 0.210. The molecule has 63 heavy (non-hydrogen) atoms. The Balaban J connectivity index is 0.000000172. The largest absolute Gasteiger partial charge is 0.870 e. The molecule has 9 heterocycles. The quantitative estimate of drug-likeness (QED) is 0.0866. The van der Waals surface area contributed by atoms with E-state index < -0.39 is 5.72 Å². The topological polar surface area (TPSA) is 144 Å². The molecule has 4 aliphatic rings. The first kappa shape index (κ1) is 50.1. The fourth-order valence-electron chi connectivity index (χ4n) is 8.25. The molecule has 2 atom stereocenters. The van der Waals surface area contributed by atoms with Gasteiger partial charge < -0.3 is 15.5 Å². The highest BCUT2D eigenvalue weighted by Crippen LogP contribution is 2.34. The van der Waals surface area contributed by atoms with E-state index in [1.165, 1.54) is 66.9 Å². The number of Topliss-reactive ketones (excluding diaryl/α,β-unsaturated/α-hetero) is 1. The molecule has 0 radical (unpaired) electrons. The summed E-state index contributed by atoms with van der Waals surface area (Å²) in [6.45, 7) is 6.62. The van der Waals surface area contributed by atoms with Crippen molar-refractivity contribution >= 4 is 17.2 Å². The Morgan fingerprint density at radius 3 is 1.90 bits per heavy atom. The molecular formula is C51H69N9O3. The van der Waals surface area contributed by atoms with E-state index in [9.17, 15) is 9.90 Å². The lowest BCUT2D eigenvalue weighted by Crippen LogP contribution is -2.38. The van der Waals surface area contributed by atoms with Crippen LogP contribution in [-0.4, -0.2) is 121 Å². The van der Waals surface area contributed by atoms with E-state index in [-0.39, 0.29) is 11.3 Å². The molecule has 2 unspecified atom stereocenters. The van der Waals surface area contributed by atoms with Gasteiger partial charge in [0.1, 0.15) is 19.3 Å². The van der Waals surface area contributed by atoms with Crippen LogP contribution in [-0.2, 0) is 5.72 Å². The lowest BCUT2D eigenvalue weighted by atomic mass is 10.0. The number of nitrogens with zero attached hydrogens (tertiary/aromatic N) is 9. The van der Waals surface area contributed by atoms with Crippen molar-refractivity contribution in [2.75, 3.05) is 54.4 Å². The second-order valence-corrected chi connectivity index (χ2v) is 16.4. The van der Waals surface area contributed by atoms with Crippen LogP contribution < -0.4 is 0 Å². The Kier molecular flexibility index (Phi) is 21.3. The summed E-state index contributed by atoms with van der Waals surface area (Å²) in [5.41, 5.74) is 7.45. The van der Waals surface area contributed by atoms with Crippen LogP contribution >= 0.6 is 0 Å². The molecule has 0 bridgehead atoms. The smallest absolute Gasteiger partial charge is 0.184 e. The Bertz CT molecular complexity index is 2090. The Hall–Kier alpha value is -5.53. The summed E-state index contributed by atoms with van der Waals surface area (Å²) in [6, 6.07) is 20.4. The number of rotatable bonds is 9. The second-order valence-electron chi connectivity index (χ2n) is 16.4. The minimum atomic E-state index is -0.783. The lowest BCUT2D eigenvalue weighted by molar-refractivity contribution is -0.488. The summed E-state index contributed by atoms with van der Waals surface area (Å²) in [5, 5.41) is 10.3. The van der Waals surface area contributed by atoms with E-state index in [0.29, 0.717) is 12.5 Å². The van der Waals surface area contributed by atoms with Crippen LogP contribution in [0.25, 0.3) is 5.70 Å². The predicted molar refractivity (Wildman–Crippen MR) is 252 cm³/mol. The van der Waals surface area contributed by atoms with Gasteiger partial charge in [-0.15, -0.1) is 0 Å². The predicted octanol–water partition coefficient (Wildman–Crippen LogP) is 8.53. The summed E-state index contributed by atoms with van der Waals surface area (Å²) >= 11 is 0. The highest BCUT2D eigenvalue weighted by molar-refractivity contribution is 5.97. The maximum Gasteiger partial charge on any atom is 0.184 e. The van der Waals surface area contributed by atoms with Crippen molar-refractivity contribution in [1.82, 2.24) is 39.6 Å². The molecule has 0 aliphatic carbocycles. The fraction of sp³-hybridized carbons (Fsp3) is 0.431. The van der Waals surface area contributed by atoms with Gasteiger partial charge in [-0.1, -0.05) is 38.0 Å². The first-order valence-electron chi connectivity index (χ1n) is 22.4. The number of ketones is 1. The molecule has 5 aromatic heterocycles. The summed E-state index contributed by atoms with van der Waals surface area (Å²) in [4.78, 5) is 38.4. The molecule has 4 aliphatic heterocycles. The molecule has 0 spiro atoms. The molecule has 0 aromatic carbocycles. The van der Waals surface area contributed by atoms with Crippen molar-refractivity contribution in [3.63, 3.8) is 0 Å². The molecule has 2 fully saturated rings. The summed E-state index contributed by atoms with van der Waals surface area (Å²) < 4.78 is 2.32. The molecular weight excluding hydrogens is 787 g/mol. The Labute approximate surface area is 375 Å². The first-order chi connectivity index (χ1) is 30.2. The fourth-order valence-corrected chi connectivity index (χ4v) is 8.25. The molecule has 9 rings (SSSR count). The van der Waals surface area contributed by atoms with Crippen molar-refractivity contribution in [2.45, 2.75) is 89.3 Å². The third-order valence-corrected chi connectivity index (χ3v) is 11.9. The van der Waals surface area contributed by atoms with Gasteiger partial charge in [0.05, 0.1) is 5.56 Å². The van der Waals surface area contributed by atoms with Crippen LogP contribution in [0, 0.1) is 0 Å². The molecule has 0 amide bonds. The lowest BCUT2D eigenvalue weighted by Gasteiger charge is -2.30. The van der Waals surface area contributed by atoms with Crippen LogP contribution in [0.3, 0.4) is 0 Å². The molecule has 12 nitrogen and oxygen atoms in total. The van der Waals surface area contributed by atoms with Crippen LogP contribution in [0.4, 0.5) is 0 Å². The highest BCUT2D eigenvalue weighted by Gasteiger charge is 2.38. The number of carbonyl (C=O) groups excluding carboxylic acids is 1. The highest BCUT2D eigenvalue weighted by atomic mass is 16.3. The first-order valence-corrected chi connectivity index (χ1v) is 22.4. The number of pyridine rings is 5. The maximum atomic E-state index is 11.5. The van der Waals surface area contributed by atoms with E-state index in [2.05, 4.69) is 91.6 Å². The number of carbonyl (C=O) groups is 1. The van der Waals surface area contributed by atoms with E-state index in [4.69, 9.17) is 0 Å². The van der Waals surface area contributed by atoms with Crippen LogP contribution in [0.15, 0.2) is 129 Å². The number of aliphatic hydroxyl groups is 1. The van der Waals surface area contributed by atoms with Gasteiger partial charge in [0.2, 0.25) is 0 Å². The monoisotopic (exact) mass is 856 g/mol. The van der Waals surface area contributed by atoms with Gasteiger partial charge in [0.15, 0.2) is 11.5 Å². The average Bonchev–Trinajstić information content (AvgIpc) is 4.15. The van der Waals surface area contributed by atoms with Gasteiger partial charge in [-0.3, -0.25) is 39.5 Å². The van der Waals surface area contributed by atoms with Crippen molar-refractivity contribution in [3.05, 3.63) is 157 Å². The number of hydrogen-bond acceptors (Lipinski definition) is 11. The van der Waals surface area contributed by atoms with Crippen molar-refractivity contribution in [2.24, 2.45) is 0 Å². The van der Waals surface area contributed by atoms with Gasteiger partial charge in [0, 0.05) is 130 Å². The van der Waals surface area contributed by atoms with Crippen LogP contribution in [0.1, 0.15) is 116 Å². The SMILES string of the molecule is CCCCCC(=O)c1cccnc1.CN1CCC=C1c1cccnc1.CN1CCCC1(O)c1cccnc1.CN1CCCC1c1cccnc1.C[N+]1=C(c2cccnc2)CCC1.[OH-]. The van der Waals surface area contributed by atoms with Crippen LogP contribution in [0.2, 0.25) is 0 Å². The molecule has 0 saturated carbocycles. The summed E-state index contributed by atoms with van der Waals surface area (Å²) in [7, 11) is 8.39. The number of aromatic nitrogens is 5. The van der Waals surface area contributed by atoms with E-state index in [1.54, 1.807) is 37.1 Å². The molecule has 12 heteroatoms. The van der Waals surface area contributed by atoms with E-state index in [1.807, 2.05) is 79.3 Å². The number of unbranched alkanes of at least 4 members (excludes halogenated alkanes) is 2. The number of likely N-dealkylation sites (tertiary alicyclic amines) is 2. The summed E-state index contributed by atoms with van der Waals surface area (Å²) in [6.07, 6.45) is 32.3. The third-order valence-electron chi connectivity index (χ3n) is 11.9. The van der Waals surface area contributed by atoms with E-state index >= 15 is 0 Å². The van der Waals surface area contributed by atoms with Crippen LogP contribution in [0.5, 0.6) is 0 Å². The zero-order valence-corrected chi connectivity index (χ0v) is 38.1. The van der Waals surface area contributed by atoms with Crippen molar-refractivity contribution in [1.29, 1.82) is 0 Å². The average molecular weight is 856 g/mol. The standard InChI is InChI=1S/C11H15NO.C10H14N2O.C10H14N2.C10H13N2.C10H12N2.H2O/c1-2-3-4-7-11(13)10-6-5-8-12-9-10;1-12-7-3-5-10(12,13)9-4-2-6-11-8-9;3*1-12-7-3-5-10(12)9-4-2-6-11-8-9;/h5-6,8-9H,2-4,7H2,1H3;2,4,6,8,13H,3,5,7H2,1H3;2,4,6,8,10H,3,5,7H2,1H3;2,4,6,8H,3,5,7H2,1H3;2,4-6,8H,3,7H2,1H3;1H2/q;;;+1;;/p-1. The van der Waals surface area contributed by atoms with Crippen molar-refractivity contribution in [3.8, 4) is 0 Å². The maximum absolute atomic E-state index is 11.5. The van der Waals surface area contributed by atoms with Crippen molar-refractivity contribution < 1.29 is 20.0 Å². The minimum absolute atomic E-state index is 0. The minimum Gasteiger partial charge on any atom is -0.870 e. The van der Waals surface area contributed by atoms with E-state index in [0.717, 1.165) is 62.7 Å². The van der Waals surface area contributed by atoms with Gasteiger partial charge in [-0.25, -0.2) is 4.58 Å². The zero-order chi connectivity index (χ0) is 44.0. The normalized spacial score (nSPS) is 19.2. The second kappa shape index (κ2) is 26.8. The zero-order valence-electron chi connectivity index (χ0n) is 38.1. The Morgan fingerprint density at radius 1 is 0.762 bits per heavy atom. The number of hydrogen-bond donors (Lipinski definition) is 1. The molecule has 2 saturated heterocycles. The van der Waals surface area contributed by atoms with Gasteiger partial charge in [-0.2, -0.15) is 0 Å². The molecule has 336 valence electrons. The van der Waals surface area contributed by atoms with Gasteiger partial charge in [0.25, 0.3) is 0 Å². The molecule has 5 aromatic rings. The third kappa shape index (κ3) is 15.4. The van der Waals surface area contributed by atoms with Gasteiger partial charge in [-0.05, 0) is 113 Å². The van der Waals surface area contributed by atoms with Gasteiger partial charge >= 0.3 is 0 Å².